The number of nitrogens with zero attached hydrogens (tertiary/aromatic N) is 4. The number of rotatable bonds is 3. The highest BCUT2D eigenvalue weighted by atomic mass is 16.2. The van der Waals surface area contributed by atoms with E-state index in [0.29, 0.717) is 5.56 Å². The average Bonchev–Trinajstić information content (AvgIpc) is 2.69. The van der Waals surface area contributed by atoms with Crippen molar-refractivity contribution in [3.8, 4) is 0 Å². The molecule has 5 heteroatoms. The molecule has 0 N–H and O–H groups in total. The lowest BCUT2D eigenvalue weighted by Gasteiger charge is -2.48. The van der Waals surface area contributed by atoms with Crippen LogP contribution in [0.4, 0.5) is 0 Å². The van der Waals surface area contributed by atoms with Crippen LogP contribution in [0.2, 0.25) is 0 Å². The Morgan fingerprint density at radius 3 is 2.67 bits per heavy atom. The molecule has 2 aliphatic rings. The number of carbonyl (C=O) groups excluding carboxylic acids is 1. The summed E-state index contributed by atoms with van der Waals surface area (Å²) < 4.78 is 0. The molecule has 0 bridgehead atoms. The predicted molar refractivity (Wildman–Crippen MR) is 105 cm³/mol. The molecular formula is C22H28N4O. The van der Waals surface area contributed by atoms with E-state index in [4.69, 9.17) is 0 Å². The van der Waals surface area contributed by atoms with Crippen LogP contribution in [0.15, 0.2) is 42.9 Å². The first-order valence-corrected chi connectivity index (χ1v) is 9.97. The fourth-order valence-corrected chi connectivity index (χ4v) is 4.77. The summed E-state index contributed by atoms with van der Waals surface area (Å²) in [7, 11) is 0. The van der Waals surface area contributed by atoms with Gasteiger partial charge in [0.15, 0.2) is 0 Å². The second-order valence-corrected chi connectivity index (χ2v) is 8.15. The van der Waals surface area contributed by atoms with Gasteiger partial charge in [0.1, 0.15) is 6.33 Å². The van der Waals surface area contributed by atoms with Gasteiger partial charge in [-0.3, -0.25) is 9.69 Å². The van der Waals surface area contributed by atoms with Gasteiger partial charge < -0.3 is 4.90 Å². The Morgan fingerprint density at radius 1 is 1.11 bits per heavy atom. The molecule has 142 valence electrons. The number of likely N-dealkylation sites (tertiary alicyclic amines) is 2. The molecule has 0 saturated carbocycles. The van der Waals surface area contributed by atoms with E-state index in [1.165, 1.54) is 31.2 Å². The fourth-order valence-electron chi connectivity index (χ4n) is 4.77. The van der Waals surface area contributed by atoms with E-state index < -0.39 is 0 Å². The highest BCUT2D eigenvalue weighted by molar-refractivity contribution is 5.95. The summed E-state index contributed by atoms with van der Waals surface area (Å²) in [5, 5.41) is 0. The smallest absolute Gasteiger partial charge is 0.257 e. The fraction of sp³-hybridized carbons (Fsp3) is 0.500. The standard InChI is InChI=1S/C22H28N4O/c1-18-20(13-23-17-24-18)21(27)26-12-6-10-22(16-26)9-5-11-25(15-22)14-19-7-3-2-4-8-19/h2-4,7-8,13,17H,5-6,9-12,14-16H2,1H3. The second-order valence-electron chi connectivity index (χ2n) is 8.15. The maximum absolute atomic E-state index is 13.1. The van der Waals surface area contributed by atoms with E-state index >= 15 is 0 Å². The number of carbonyl (C=O) groups is 1. The number of hydrogen-bond donors (Lipinski definition) is 0. The van der Waals surface area contributed by atoms with Crippen molar-refractivity contribution in [3.05, 3.63) is 59.7 Å². The third-order valence-electron chi connectivity index (χ3n) is 6.08. The minimum Gasteiger partial charge on any atom is -0.338 e. The molecule has 1 aromatic heterocycles. The van der Waals surface area contributed by atoms with Gasteiger partial charge in [-0.25, -0.2) is 9.97 Å². The van der Waals surface area contributed by atoms with Gasteiger partial charge in [-0.2, -0.15) is 0 Å². The normalized spacial score (nSPS) is 23.5. The van der Waals surface area contributed by atoms with Gasteiger partial charge in [0, 0.05) is 37.8 Å². The summed E-state index contributed by atoms with van der Waals surface area (Å²) in [6.07, 6.45) is 7.89. The number of aromatic nitrogens is 2. The molecule has 1 amide bonds. The first-order chi connectivity index (χ1) is 13.2. The van der Waals surface area contributed by atoms with Crippen LogP contribution in [0, 0.1) is 12.3 Å². The molecule has 0 aliphatic carbocycles. The first kappa shape index (κ1) is 18.1. The van der Waals surface area contributed by atoms with Crippen molar-refractivity contribution in [2.24, 2.45) is 5.41 Å². The first-order valence-electron chi connectivity index (χ1n) is 9.97. The summed E-state index contributed by atoms with van der Waals surface area (Å²) in [5.41, 5.74) is 3.01. The van der Waals surface area contributed by atoms with Crippen LogP contribution in [-0.2, 0) is 6.54 Å². The van der Waals surface area contributed by atoms with Crippen LogP contribution in [0.25, 0.3) is 0 Å². The number of benzene rings is 1. The molecule has 3 heterocycles. The maximum Gasteiger partial charge on any atom is 0.257 e. The minimum absolute atomic E-state index is 0.0901. The van der Waals surface area contributed by atoms with Gasteiger partial charge in [-0.15, -0.1) is 0 Å². The van der Waals surface area contributed by atoms with Crippen molar-refractivity contribution in [1.29, 1.82) is 0 Å². The summed E-state index contributed by atoms with van der Waals surface area (Å²) in [6, 6.07) is 10.7. The monoisotopic (exact) mass is 364 g/mol. The van der Waals surface area contributed by atoms with Crippen LogP contribution >= 0.6 is 0 Å². The molecule has 1 atom stereocenters. The predicted octanol–water partition coefficient (Wildman–Crippen LogP) is 3.30. The molecule has 5 nitrogen and oxygen atoms in total. The van der Waals surface area contributed by atoms with Gasteiger partial charge in [-0.1, -0.05) is 30.3 Å². The molecular weight excluding hydrogens is 336 g/mol. The van der Waals surface area contributed by atoms with Crippen LogP contribution in [0.5, 0.6) is 0 Å². The third kappa shape index (κ3) is 4.03. The van der Waals surface area contributed by atoms with Crippen LogP contribution in [0.1, 0.15) is 47.3 Å². The van der Waals surface area contributed by atoms with E-state index in [0.717, 1.165) is 44.8 Å². The molecule has 0 radical (unpaired) electrons. The van der Waals surface area contributed by atoms with Crippen molar-refractivity contribution in [2.75, 3.05) is 26.2 Å². The van der Waals surface area contributed by atoms with Gasteiger partial charge in [0.05, 0.1) is 11.3 Å². The number of aryl methyl sites for hydroxylation is 1. The van der Waals surface area contributed by atoms with Crippen LogP contribution < -0.4 is 0 Å². The zero-order valence-electron chi connectivity index (χ0n) is 16.1. The van der Waals surface area contributed by atoms with Gasteiger partial charge >= 0.3 is 0 Å². The molecule has 1 aromatic carbocycles. The Bertz CT molecular complexity index is 790. The topological polar surface area (TPSA) is 49.3 Å². The quantitative estimate of drug-likeness (QED) is 0.838. The van der Waals surface area contributed by atoms with E-state index in [1.807, 2.05) is 11.8 Å². The highest BCUT2D eigenvalue weighted by Crippen LogP contribution is 2.39. The molecule has 2 aromatic rings. The Kier molecular flexibility index (Phi) is 5.21. The van der Waals surface area contributed by atoms with Gasteiger partial charge in [-0.05, 0) is 44.7 Å². The summed E-state index contributed by atoms with van der Waals surface area (Å²) >= 11 is 0. The Morgan fingerprint density at radius 2 is 1.89 bits per heavy atom. The third-order valence-corrected chi connectivity index (χ3v) is 6.08. The zero-order valence-corrected chi connectivity index (χ0v) is 16.1. The van der Waals surface area contributed by atoms with E-state index in [2.05, 4.69) is 45.2 Å². The summed E-state index contributed by atoms with van der Waals surface area (Å²) in [5.74, 6) is 0.0901. The number of piperidine rings is 2. The molecule has 4 rings (SSSR count). The van der Waals surface area contributed by atoms with Crippen molar-refractivity contribution in [3.63, 3.8) is 0 Å². The van der Waals surface area contributed by atoms with Crippen molar-refractivity contribution >= 4 is 5.91 Å². The van der Waals surface area contributed by atoms with Crippen LogP contribution in [-0.4, -0.2) is 51.9 Å². The van der Waals surface area contributed by atoms with E-state index in [1.54, 1.807) is 6.20 Å². The maximum atomic E-state index is 13.1. The molecule has 2 fully saturated rings. The van der Waals surface area contributed by atoms with Crippen LogP contribution in [0.3, 0.4) is 0 Å². The number of hydrogen-bond acceptors (Lipinski definition) is 4. The summed E-state index contributed by atoms with van der Waals surface area (Å²) in [6.45, 7) is 6.81. The van der Waals surface area contributed by atoms with E-state index in [-0.39, 0.29) is 11.3 Å². The summed E-state index contributed by atoms with van der Waals surface area (Å²) in [4.78, 5) is 25.9. The lowest BCUT2D eigenvalue weighted by atomic mass is 9.73. The second kappa shape index (κ2) is 7.77. The lowest BCUT2D eigenvalue weighted by molar-refractivity contribution is 0.0113. The largest absolute Gasteiger partial charge is 0.338 e. The molecule has 1 unspecified atom stereocenters. The molecule has 2 aliphatic heterocycles. The average molecular weight is 364 g/mol. The molecule has 27 heavy (non-hydrogen) atoms. The molecule has 2 saturated heterocycles. The van der Waals surface area contributed by atoms with Crippen molar-refractivity contribution in [1.82, 2.24) is 19.8 Å². The van der Waals surface area contributed by atoms with Crippen molar-refractivity contribution in [2.45, 2.75) is 39.2 Å². The minimum atomic E-state index is 0.0901. The Hall–Kier alpha value is -2.27. The van der Waals surface area contributed by atoms with E-state index in [9.17, 15) is 4.79 Å². The highest BCUT2D eigenvalue weighted by Gasteiger charge is 2.40. The Labute approximate surface area is 161 Å². The SMILES string of the molecule is Cc1ncncc1C(=O)N1CCCC2(CCCN(Cc3ccccc3)C2)C1. The van der Waals surface area contributed by atoms with Gasteiger partial charge in [0.25, 0.3) is 5.91 Å². The lowest BCUT2D eigenvalue weighted by Crippen LogP contribution is -2.53. The zero-order chi connectivity index (χ0) is 18.7. The van der Waals surface area contributed by atoms with Gasteiger partial charge in [0.2, 0.25) is 0 Å². The number of amides is 1. The van der Waals surface area contributed by atoms with Crippen molar-refractivity contribution < 1.29 is 4.79 Å². The Balaban J connectivity index is 1.46. The molecule has 1 spiro atoms.